The number of carboxylic acids is 2. The molecule has 2 aromatic rings. The molecule has 0 saturated heterocycles. The maximum atomic E-state index is 13.4. The van der Waals surface area contributed by atoms with E-state index in [0.29, 0.717) is 55.4 Å². The van der Waals surface area contributed by atoms with E-state index in [1.54, 1.807) is 24.0 Å². The Hall–Kier alpha value is -4.19. The number of ether oxygens (including phenoxy) is 1. The number of hydrogen-bond acceptors (Lipinski definition) is 8. The number of anilines is 3. The number of amides is 1. The fourth-order valence-electron chi connectivity index (χ4n) is 4.10. The highest BCUT2D eigenvalue weighted by molar-refractivity contribution is 6.31. The third-order valence-corrected chi connectivity index (χ3v) is 6.12. The molecule has 0 fully saturated rings. The van der Waals surface area contributed by atoms with Crippen LogP contribution in [0.5, 0.6) is 0 Å². The Morgan fingerprint density at radius 3 is 2.26 bits per heavy atom. The van der Waals surface area contributed by atoms with Crippen molar-refractivity contribution in [2.24, 2.45) is 0 Å². The van der Waals surface area contributed by atoms with Crippen LogP contribution in [0.3, 0.4) is 0 Å². The summed E-state index contributed by atoms with van der Waals surface area (Å²) in [6, 6.07) is 13.2. The van der Waals surface area contributed by atoms with Gasteiger partial charge in [0, 0.05) is 49.5 Å². The summed E-state index contributed by atoms with van der Waals surface area (Å²) in [5, 5.41) is 28.9. The number of carboxylic acid groups (broad SMARTS) is 2. The van der Waals surface area contributed by atoms with E-state index in [-0.39, 0.29) is 18.5 Å². The van der Waals surface area contributed by atoms with Gasteiger partial charge in [0.15, 0.2) is 0 Å². The van der Waals surface area contributed by atoms with Crippen LogP contribution in [0.1, 0.15) is 36.5 Å². The van der Waals surface area contributed by atoms with Crippen LogP contribution in [-0.2, 0) is 19.1 Å². The maximum Gasteiger partial charge on any atom is 0.330 e. The van der Waals surface area contributed by atoms with E-state index in [2.05, 4.69) is 10.2 Å². The number of fused-ring (bicyclic) bond motifs is 2. The minimum atomic E-state index is -1.26. The molecule has 0 aliphatic carbocycles. The van der Waals surface area contributed by atoms with Crippen LogP contribution in [0.25, 0.3) is 0 Å². The highest BCUT2D eigenvalue weighted by Crippen LogP contribution is 2.42. The summed E-state index contributed by atoms with van der Waals surface area (Å²) < 4.78 is 4.86. The second-order valence-corrected chi connectivity index (χ2v) is 9.35. The molecule has 0 saturated carbocycles. The minimum absolute atomic E-state index is 0.0139. The summed E-state index contributed by atoms with van der Waals surface area (Å²) >= 11 is 6.37. The number of nitrogens with one attached hydrogen (secondary N) is 1. The largest absolute Gasteiger partial charge is 0.478 e. The number of aliphatic carboxylic acids is 2. The van der Waals surface area contributed by atoms with Crippen LogP contribution in [0, 0.1) is 0 Å². The van der Waals surface area contributed by atoms with Crippen LogP contribution < -0.4 is 15.1 Å². The molecule has 1 aliphatic rings. The average Bonchev–Trinajstić information content (AvgIpc) is 3.05. The smallest absolute Gasteiger partial charge is 0.330 e. The van der Waals surface area contributed by atoms with Gasteiger partial charge in [-0.3, -0.25) is 4.79 Å². The first kappa shape index (κ1) is 34.0. The van der Waals surface area contributed by atoms with Crippen LogP contribution in [0.4, 0.5) is 17.1 Å². The lowest BCUT2D eigenvalue weighted by Crippen LogP contribution is -2.31. The predicted octanol–water partition coefficient (Wildman–Crippen LogP) is 4.02. The molecule has 0 radical (unpaired) electrons. The topological polar surface area (TPSA) is 157 Å². The molecule has 0 bridgehead atoms. The monoisotopic (exact) mass is 601 g/mol. The van der Waals surface area contributed by atoms with Crippen molar-refractivity contribution in [2.75, 3.05) is 49.2 Å². The molecule has 0 aromatic heterocycles. The zero-order valence-electron chi connectivity index (χ0n) is 23.4. The van der Waals surface area contributed by atoms with Crippen molar-refractivity contribution < 1.29 is 39.2 Å². The molecule has 11 nitrogen and oxygen atoms in total. The van der Waals surface area contributed by atoms with Crippen molar-refractivity contribution in [3.63, 3.8) is 0 Å². The average molecular weight is 602 g/mol. The summed E-state index contributed by atoms with van der Waals surface area (Å²) in [5.41, 5.74) is 3.16. The summed E-state index contributed by atoms with van der Waals surface area (Å²) in [6.07, 6.45) is 6.61. The number of carbonyl (C=O) groups is 4. The van der Waals surface area contributed by atoms with Crippen molar-refractivity contribution in [1.82, 2.24) is 5.32 Å². The quantitative estimate of drug-likeness (QED) is 0.142. The van der Waals surface area contributed by atoms with Crippen LogP contribution >= 0.6 is 11.6 Å². The molecule has 1 heterocycles. The fourth-order valence-corrected chi connectivity index (χ4v) is 4.27. The van der Waals surface area contributed by atoms with Gasteiger partial charge in [-0.2, -0.15) is 0 Å². The molecule has 3 rings (SSSR count). The summed E-state index contributed by atoms with van der Waals surface area (Å²) in [7, 11) is 0. The lowest BCUT2D eigenvalue weighted by atomic mass is 10.1. The molecule has 0 spiro atoms. The van der Waals surface area contributed by atoms with Gasteiger partial charge in [-0.15, -0.1) is 0 Å². The van der Waals surface area contributed by atoms with Crippen molar-refractivity contribution in [3.8, 4) is 0 Å². The summed E-state index contributed by atoms with van der Waals surface area (Å²) in [4.78, 5) is 47.8. The SMILES string of the molecule is CCOC(=O)/C=C/CNCCCCN1c2ccccc2C(=O)N(CCCO)c2ccc(Cl)cc21.O=C(O)/C=C\C(=O)O. The van der Waals surface area contributed by atoms with Crippen molar-refractivity contribution in [1.29, 1.82) is 0 Å². The number of benzene rings is 2. The van der Waals surface area contributed by atoms with Gasteiger partial charge in [0.2, 0.25) is 0 Å². The number of carbonyl (C=O) groups excluding carboxylic acids is 2. The van der Waals surface area contributed by atoms with E-state index >= 15 is 0 Å². The van der Waals surface area contributed by atoms with E-state index in [9.17, 15) is 24.3 Å². The van der Waals surface area contributed by atoms with E-state index in [0.717, 1.165) is 36.4 Å². The van der Waals surface area contributed by atoms with Crippen LogP contribution in [0.15, 0.2) is 66.8 Å². The maximum absolute atomic E-state index is 13.4. The number of aliphatic hydroxyl groups excluding tert-OH is 1. The fraction of sp³-hybridized carbons (Fsp3) is 0.333. The first-order valence-electron chi connectivity index (χ1n) is 13.5. The van der Waals surface area contributed by atoms with E-state index in [1.165, 1.54) is 6.08 Å². The second kappa shape index (κ2) is 18.3. The zero-order valence-corrected chi connectivity index (χ0v) is 24.1. The summed E-state index contributed by atoms with van der Waals surface area (Å²) in [6.45, 7) is 4.70. The number of hydrogen-bond donors (Lipinski definition) is 4. The first-order chi connectivity index (χ1) is 20.2. The van der Waals surface area contributed by atoms with Crippen LogP contribution in [-0.4, -0.2) is 78.5 Å². The Morgan fingerprint density at radius 2 is 1.60 bits per heavy atom. The molecule has 12 heteroatoms. The third kappa shape index (κ3) is 11.0. The number of unbranched alkanes of at least 4 members (excludes halogenated alkanes) is 1. The van der Waals surface area contributed by atoms with Crippen molar-refractivity contribution in [2.45, 2.75) is 26.2 Å². The molecular formula is C30H36ClN3O8. The van der Waals surface area contributed by atoms with Crippen molar-refractivity contribution in [3.05, 3.63) is 77.4 Å². The van der Waals surface area contributed by atoms with Crippen molar-refractivity contribution >= 4 is 52.5 Å². The molecule has 42 heavy (non-hydrogen) atoms. The van der Waals surface area contributed by atoms with Gasteiger partial charge in [-0.1, -0.05) is 29.8 Å². The Balaban J connectivity index is 0.000000675. The Morgan fingerprint density at radius 1 is 0.905 bits per heavy atom. The molecule has 2 aromatic carbocycles. The molecule has 1 amide bonds. The normalized spacial score (nSPS) is 12.4. The van der Waals surface area contributed by atoms with Gasteiger partial charge in [0.1, 0.15) is 0 Å². The standard InChI is InChI=1S/C26H32ClN3O4.C4H4O4/c1-2-34-25(32)11-7-15-28-14-5-6-16-29-22-10-4-3-9-21(22)26(33)30(17-8-18-31)23-13-12-20(27)19-24(23)29;5-3(6)1-2-4(7)8/h3-4,7,9-13,19,28,31H,2,5-6,8,14-18H2,1H3;1-2H,(H,5,6)(H,7,8)/b11-7+;2-1-. The number of nitrogens with zero attached hydrogens (tertiary/aromatic N) is 2. The molecule has 1 aliphatic heterocycles. The second-order valence-electron chi connectivity index (χ2n) is 8.91. The number of aliphatic hydroxyl groups is 1. The summed E-state index contributed by atoms with van der Waals surface area (Å²) in [5.74, 6) is -2.92. The van der Waals surface area contributed by atoms with Gasteiger partial charge in [-0.05, 0) is 63.1 Å². The van der Waals surface area contributed by atoms with E-state index < -0.39 is 11.9 Å². The van der Waals surface area contributed by atoms with Gasteiger partial charge in [0.05, 0.1) is 29.2 Å². The van der Waals surface area contributed by atoms with E-state index in [4.69, 9.17) is 26.6 Å². The van der Waals surface area contributed by atoms with E-state index in [1.807, 2.05) is 36.4 Å². The molecule has 0 unspecified atom stereocenters. The Bertz CT molecular complexity index is 1260. The lowest BCUT2D eigenvalue weighted by Gasteiger charge is -2.28. The number of rotatable bonds is 14. The minimum Gasteiger partial charge on any atom is -0.478 e. The van der Waals surface area contributed by atoms with Gasteiger partial charge in [-0.25, -0.2) is 14.4 Å². The predicted molar refractivity (Wildman–Crippen MR) is 161 cm³/mol. The van der Waals surface area contributed by atoms with Crippen LogP contribution in [0.2, 0.25) is 5.02 Å². The molecular weight excluding hydrogens is 566 g/mol. The van der Waals surface area contributed by atoms with Gasteiger partial charge in [0.25, 0.3) is 5.91 Å². The Labute approximate surface area is 249 Å². The van der Waals surface area contributed by atoms with Gasteiger partial charge >= 0.3 is 17.9 Å². The zero-order chi connectivity index (χ0) is 30.9. The highest BCUT2D eigenvalue weighted by Gasteiger charge is 2.30. The number of para-hydroxylation sites is 1. The lowest BCUT2D eigenvalue weighted by molar-refractivity contribution is -0.137. The molecule has 0 atom stereocenters. The molecule has 226 valence electrons. The highest BCUT2D eigenvalue weighted by atomic mass is 35.5. The third-order valence-electron chi connectivity index (χ3n) is 5.89. The first-order valence-corrected chi connectivity index (χ1v) is 13.8. The number of esters is 1. The van der Waals surface area contributed by atoms with Gasteiger partial charge < -0.3 is 35.2 Å². The number of halogens is 1. The Kier molecular flexibility index (Phi) is 14.8. The molecule has 4 N–H and O–H groups in total.